The molecule has 0 aromatic heterocycles. The van der Waals surface area contributed by atoms with Crippen molar-refractivity contribution in [3.8, 4) is 0 Å². The summed E-state index contributed by atoms with van der Waals surface area (Å²) < 4.78 is 21.4. The number of carbonyl (C=O) groups excluding carboxylic acids is 1. The Balaban J connectivity index is 0.000000204. The minimum Gasteiger partial charge on any atom is -0.366 e. The van der Waals surface area contributed by atoms with Crippen molar-refractivity contribution in [2.45, 2.75) is 11.8 Å². The summed E-state index contributed by atoms with van der Waals surface area (Å²) >= 11 is 0. The molecule has 0 saturated carbocycles. The second kappa shape index (κ2) is 6.83. The van der Waals surface area contributed by atoms with Crippen LogP contribution >= 0.6 is 0 Å². The van der Waals surface area contributed by atoms with Crippen LogP contribution in [0.25, 0.3) is 0 Å². The molecule has 2 aromatic rings. The molecular formula is C14H16N2O3S. The van der Waals surface area contributed by atoms with E-state index in [1.165, 1.54) is 12.1 Å². The quantitative estimate of drug-likeness (QED) is 0.874. The first kappa shape index (κ1) is 15.9. The standard InChI is InChI=1S/C7H9NO2S.C7H7NO/c1-6-2-4-7(5-3-6)11(8,9)10;8-7(9)6-4-2-1-3-5-6/h2-5H,1H3,(H2,8,9,10);1-5H,(H2,8,9). The van der Waals surface area contributed by atoms with Gasteiger partial charge in [0.1, 0.15) is 0 Å². The molecule has 4 N–H and O–H groups in total. The van der Waals surface area contributed by atoms with Crippen LogP contribution in [0.2, 0.25) is 0 Å². The highest BCUT2D eigenvalue weighted by Gasteiger charge is 2.04. The van der Waals surface area contributed by atoms with Crippen LogP contribution in [0.3, 0.4) is 0 Å². The zero-order valence-electron chi connectivity index (χ0n) is 11.0. The topological polar surface area (TPSA) is 103 Å². The van der Waals surface area contributed by atoms with Crippen LogP contribution in [-0.4, -0.2) is 14.3 Å². The molecule has 6 heteroatoms. The molecule has 2 aromatic carbocycles. The SMILES string of the molecule is Cc1ccc(S(N)(=O)=O)cc1.NC(=O)c1ccccc1. The maximum atomic E-state index is 10.7. The molecule has 20 heavy (non-hydrogen) atoms. The van der Waals surface area contributed by atoms with Crippen LogP contribution in [0, 0.1) is 6.92 Å². The summed E-state index contributed by atoms with van der Waals surface area (Å²) in [4.78, 5) is 10.6. The molecule has 106 valence electrons. The molecule has 0 saturated heterocycles. The summed E-state index contributed by atoms with van der Waals surface area (Å²) in [7, 11) is -3.52. The monoisotopic (exact) mass is 292 g/mol. The second-order valence-electron chi connectivity index (χ2n) is 4.09. The third-order valence-corrected chi connectivity index (χ3v) is 3.34. The third kappa shape index (κ3) is 5.21. The van der Waals surface area contributed by atoms with E-state index in [0.29, 0.717) is 5.56 Å². The van der Waals surface area contributed by atoms with Gasteiger partial charge < -0.3 is 5.73 Å². The first-order valence-electron chi connectivity index (χ1n) is 5.75. The average Bonchev–Trinajstić information content (AvgIpc) is 2.40. The Kier molecular flexibility index (Phi) is 5.42. The van der Waals surface area contributed by atoms with Crippen LogP contribution in [0.15, 0.2) is 59.5 Å². The smallest absolute Gasteiger partial charge is 0.248 e. The second-order valence-corrected chi connectivity index (χ2v) is 5.65. The molecule has 0 aliphatic heterocycles. The van der Waals surface area contributed by atoms with Crippen LogP contribution in [0.1, 0.15) is 15.9 Å². The first-order valence-corrected chi connectivity index (χ1v) is 7.29. The molecular weight excluding hydrogens is 276 g/mol. The van der Waals surface area contributed by atoms with Crippen molar-refractivity contribution < 1.29 is 13.2 Å². The van der Waals surface area contributed by atoms with Crippen molar-refractivity contribution in [1.82, 2.24) is 0 Å². The van der Waals surface area contributed by atoms with E-state index in [1.807, 2.05) is 13.0 Å². The molecule has 1 amide bonds. The Morgan fingerprint density at radius 1 is 0.950 bits per heavy atom. The van der Waals surface area contributed by atoms with Crippen molar-refractivity contribution in [3.05, 3.63) is 65.7 Å². The summed E-state index contributed by atoms with van der Waals surface area (Å²) in [5.41, 5.74) is 6.54. The minimum atomic E-state index is -3.52. The summed E-state index contributed by atoms with van der Waals surface area (Å²) in [6.45, 7) is 1.88. The number of hydrogen-bond acceptors (Lipinski definition) is 3. The summed E-state index contributed by atoms with van der Waals surface area (Å²) in [6.07, 6.45) is 0. The number of aryl methyl sites for hydroxylation is 1. The number of sulfonamides is 1. The number of primary sulfonamides is 1. The molecule has 0 spiro atoms. The number of amides is 1. The van der Waals surface area contributed by atoms with Crippen molar-refractivity contribution in [2.24, 2.45) is 10.9 Å². The fraction of sp³-hybridized carbons (Fsp3) is 0.0714. The molecule has 0 unspecified atom stereocenters. The molecule has 0 fully saturated rings. The highest BCUT2D eigenvalue weighted by molar-refractivity contribution is 7.89. The fourth-order valence-corrected chi connectivity index (χ4v) is 1.85. The van der Waals surface area contributed by atoms with E-state index >= 15 is 0 Å². The van der Waals surface area contributed by atoms with Gasteiger partial charge in [-0.15, -0.1) is 0 Å². The molecule has 0 aliphatic carbocycles. The summed E-state index contributed by atoms with van der Waals surface area (Å²) in [6, 6.07) is 15.2. The lowest BCUT2D eigenvalue weighted by molar-refractivity contribution is 0.100. The summed E-state index contributed by atoms with van der Waals surface area (Å²) in [5, 5.41) is 4.88. The highest BCUT2D eigenvalue weighted by atomic mass is 32.2. The molecule has 2 rings (SSSR count). The van der Waals surface area contributed by atoms with E-state index < -0.39 is 10.0 Å². The van der Waals surface area contributed by atoms with Crippen molar-refractivity contribution >= 4 is 15.9 Å². The van der Waals surface area contributed by atoms with E-state index in [9.17, 15) is 13.2 Å². The van der Waals surface area contributed by atoms with Crippen LogP contribution in [0.5, 0.6) is 0 Å². The molecule has 0 radical (unpaired) electrons. The Hall–Kier alpha value is -2.18. The van der Waals surface area contributed by atoms with E-state index in [4.69, 9.17) is 10.9 Å². The van der Waals surface area contributed by atoms with Gasteiger partial charge in [-0.05, 0) is 31.2 Å². The Morgan fingerprint density at radius 2 is 1.45 bits per heavy atom. The molecule has 0 aliphatic rings. The van der Waals surface area contributed by atoms with Crippen molar-refractivity contribution in [2.75, 3.05) is 0 Å². The number of hydrogen-bond donors (Lipinski definition) is 2. The minimum absolute atomic E-state index is 0.156. The van der Waals surface area contributed by atoms with Gasteiger partial charge >= 0.3 is 0 Å². The molecule has 5 nitrogen and oxygen atoms in total. The first-order chi connectivity index (χ1) is 9.30. The Morgan fingerprint density at radius 3 is 1.80 bits per heavy atom. The fourth-order valence-electron chi connectivity index (χ4n) is 1.33. The number of primary amides is 1. The number of rotatable bonds is 2. The van der Waals surface area contributed by atoms with Gasteiger partial charge in [0.2, 0.25) is 15.9 Å². The number of nitrogens with two attached hydrogens (primary N) is 2. The lowest BCUT2D eigenvalue weighted by atomic mass is 10.2. The molecule has 0 heterocycles. The number of benzene rings is 2. The summed E-state index contributed by atoms with van der Waals surface area (Å²) in [5.74, 6) is -0.379. The lowest BCUT2D eigenvalue weighted by Crippen LogP contribution is -2.11. The normalized spacial score (nSPS) is 10.3. The van der Waals surface area contributed by atoms with Crippen molar-refractivity contribution in [1.29, 1.82) is 0 Å². The molecule has 0 bridgehead atoms. The third-order valence-electron chi connectivity index (χ3n) is 2.41. The van der Waals surface area contributed by atoms with E-state index in [0.717, 1.165) is 5.56 Å². The average molecular weight is 292 g/mol. The van der Waals surface area contributed by atoms with Gasteiger partial charge in [0.25, 0.3) is 0 Å². The van der Waals surface area contributed by atoms with E-state index in [-0.39, 0.29) is 10.8 Å². The Bertz CT molecular complexity index is 665. The maximum absolute atomic E-state index is 10.7. The van der Waals surface area contributed by atoms with Gasteiger partial charge in [-0.3, -0.25) is 4.79 Å². The van der Waals surface area contributed by atoms with Gasteiger partial charge in [0.15, 0.2) is 0 Å². The van der Waals surface area contributed by atoms with Gasteiger partial charge in [0, 0.05) is 5.56 Å². The van der Waals surface area contributed by atoms with Gasteiger partial charge in [-0.2, -0.15) is 0 Å². The predicted octanol–water partition coefficient (Wildman–Crippen LogP) is 1.43. The maximum Gasteiger partial charge on any atom is 0.248 e. The van der Waals surface area contributed by atoms with Gasteiger partial charge in [0.05, 0.1) is 4.90 Å². The van der Waals surface area contributed by atoms with Crippen LogP contribution in [0.4, 0.5) is 0 Å². The van der Waals surface area contributed by atoms with E-state index in [1.54, 1.807) is 36.4 Å². The highest BCUT2D eigenvalue weighted by Crippen LogP contribution is 2.06. The zero-order chi connectivity index (χ0) is 15.2. The largest absolute Gasteiger partial charge is 0.366 e. The predicted molar refractivity (Wildman–Crippen MR) is 77.5 cm³/mol. The van der Waals surface area contributed by atoms with Gasteiger partial charge in [-0.1, -0.05) is 35.9 Å². The van der Waals surface area contributed by atoms with Gasteiger partial charge in [-0.25, -0.2) is 13.6 Å². The molecule has 0 atom stereocenters. The number of carbonyl (C=O) groups is 1. The zero-order valence-corrected chi connectivity index (χ0v) is 11.8. The van der Waals surface area contributed by atoms with Crippen molar-refractivity contribution in [3.63, 3.8) is 0 Å². The van der Waals surface area contributed by atoms with Crippen LogP contribution in [-0.2, 0) is 10.0 Å². The Labute approximate surface area is 118 Å². The van der Waals surface area contributed by atoms with E-state index in [2.05, 4.69) is 0 Å². The lowest BCUT2D eigenvalue weighted by Gasteiger charge is -1.96. The van der Waals surface area contributed by atoms with Crippen LogP contribution < -0.4 is 10.9 Å².